The third kappa shape index (κ3) is 9.79. The second-order valence-corrected chi connectivity index (χ2v) is 7.95. The van der Waals surface area contributed by atoms with Crippen LogP contribution in [-0.2, 0) is 27.2 Å². The van der Waals surface area contributed by atoms with E-state index in [0.717, 1.165) is 29.8 Å². The van der Waals surface area contributed by atoms with Crippen LogP contribution in [0.4, 0.5) is 10.8 Å². The zero-order valence-corrected chi connectivity index (χ0v) is 20.6. The lowest BCUT2D eigenvalue weighted by atomic mass is 10.1. The molecule has 3 rings (SSSR count). The van der Waals surface area contributed by atoms with Crippen molar-refractivity contribution >= 4 is 58.8 Å². The summed E-state index contributed by atoms with van der Waals surface area (Å²) in [6.45, 7) is 2.70. The van der Waals surface area contributed by atoms with Crippen LogP contribution in [0.15, 0.2) is 60.0 Å². The quantitative estimate of drug-likeness (QED) is 0.279. The molecule has 0 bridgehead atoms. The molecule has 0 saturated heterocycles. The summed E-state index contributed by atoms with van der Waals surface area (Å²) in [7, 11) is 0. The summed E-state index contributed by atoms with van der Waals surface area (Å²) in [5.41, 5.74) is 9.10. The van der Waals surface area contributed by atoms with E-state index < -0.39 is 0 Å². The number of nitrogen functional groups attached to an aromatic ring is 1. The minimum Gasteiger partial charge on any atom is -0.456 e. The number of anilines is 2. The van der Waals surface area contributed by atoms with Crippen molar-refractivity contribution in [2.45, 2.75) is 25.9 Å². The SMILES string of the molecule is CC(=O)OC(CNCCc1ccc(NC(=O)Cc2csc(N)n2)cc1)c1ccccc1.Cl.Cl. The van der Waals surface area contributed by atoms with Crippen molar-refractivity contribution in [1.29, 1.82) is 0 Å². The van der Waals surface area contributed by atoms with Gasteiger partial charge >= 0.3 is 5.97 Å². The highest BCUT2D eigenvalue weighted by atomic mass is 35.5. The Morgan fingerprint density at radius 3 is 2.39 bits per heavy atom. The molecule has 2 aromatic carbocycles. The third-order valence-corrected chi connectivity index (χ3v) is 5.27. The topological polar surface area (TPSA) is 106 Å². The molecule has 178 valence electrons. The van der Waals surface area contributed by atoms with Gasteiger partial charge in [-0.2, -0.15) is 0 Å². The molecule has 33 heavy (non-hydrogen) atoms. The van der Waals surface area contributed by atoms with Gasteiger partial charge in [-0.25, -0.2) is 4.98 Å². The predicted octanol–water partition coefficient (Wildman–Crippen LogP) is 4.19. The number of nitrogens with zero attached hydrogens (tertiary/aromatic N) is 1. The van der Waals surface area contributed by atoms with E-state index in [1.165, 1.54) is 18.3 Å². The molecule has 0 aliphatic rings. The van der Waals surface area contributed by atoms with Gasteiger partial charge in [-0.3, -0.25) is 9.59 Å². The third-order valence-electron chi connectivity index (χ3n) is 4.55. The molecule has 7 nitrogen and oxygen atoms in total. The molecule has 3 aromatic rings. The summed E-state index contributed by atoms with van der Waals surface area (Å²) in [6.07, 6.45) is 0.697. The van der Waals surface area contributed by atoms with Crippen molar-refractivity contribution in [1.82, 2.24) is 10.3 Å². The van der Waals surface area contributed by atoms with Crippen molar-refractivity contribution < 1.29 is 14.3 Å². The number of thiazole rings is 1. The van der Waals surface area contributed by atoms with E-state index in [-0.39, 0.29) is 49.2 Å². The predicted molar refractivity (Wildman–Crippen MR) is 137 cm³/mol. The summed E-state index contributed by atoms with van der Waals surface area (Å²) >= 11 is 1.32. The molecule has 1 amide bonds. The average Bonchev–Trinajstić information content (AvgIpc) is 3.16. The fraction of sp³-hybridized carbons (Fsp3) is 0.261. The Bertz CT molecular complexity index is 1000. The fourth-order valence-electron chi connectivity index (χ4n) is 3.09. The van der Waals surface area contributed by atoms with Gasteiger partial charge in [0.2, 0.25) is 5.91 Å². The summed E-state index contributed by atoms with van der Waals surface area (Å²) in [5, 5.41) is 8.47. The van der Waals surface area contributed by atoms with E-state index in [2.05, 4.69) is 15.6 Å². The Balaban J connectivity index is 0.00000272. The second-order valence-electron chi connectivity index (χ2n) is 7.06. The molecule has 4 N–H and O–H groups in total. The fourth-order valence-corrected chi connectivity index (χ4v) is 3.65. The van der Waals surface area contributed by atoms with Crippen LogP contribution in [0.5, 0.6) is 0 Å². The van der Waals surface area contributed by atoms with Gasteiger partial charge in [0.25, 0.3) is 0 Å². The van der Waals surface area contributed by atoms with Crippen LogP contribution >= 0.6 is 36.2 Å². The number of carbonyl (C=O) groups is 2. The van der Waals surface area contributed by atoms with E-state index >= 15 is 0 Å². The zero-order valence-electron chi connectivity index (χ0n) is 18.2. The maximum Gasteiger partial charge on any atom is 0.303 e. The lowest BCUT2D eigenvalue weighted by Gasteiger charge is -2.18. The van der Waals surface area contributed by atoms with E-state index in [4.69, 9.17) is 10.5 Å². The molecule has 0 saturated carbocycles. The van der Waals surface area contributed by atoms with Crippen LogP contribution in [0, 0.1) is 0 Å². The number of benzene rings is 2. The summed E-state index contributed by atoms with van der Waals surface area (Å²) in [5.74, 6) is -0.427. The molecule has 0 fully saturated rings. The molecular formula is C23H28Cl2N4O3S. The van der Waals surface area contributed by atoms with Crippen LogP contribution in [-0.4, -0.2) is 29.9 Å². The number of carbonyl (C=O) groups excluding carboxylic acids is 2. The molecule has 1 aromatic heterocycles. The Hall–Kier alpha value is -2.65. The minimum absolute atomic E-state index is 0. The maximum absolute atomic E-state index is 12.1. The van der Waals surface area contributed by atoms with E-state index in [0.29, 0.717) is 17.4 Å². The second kappa shape index (κ2) is 14.5. The standard InChI is InChI=1S/C23H26N4O3S.2ClH/c1-16(28)30-21(18-5-3-2-4-6-18)14-25-12-11-17-7-9-19(10-8-17)26-22(29)13-20-15-31-23(24)27-20;;/h2-10,15,21,25H,11-14H2,1H3,(H2,24,27)(H,26,29);2*1H. The van der Waals surface area contributed by atoms with Gasteiger partial charge in [0.1, 0.15) is 6.10 Å². The molecule has 10 heteroatoms. The number of rotatable bonds is 10. The lowest BCUT2D eigenvalue weighted by Crippen LogP contribution is -2.26. The van der Waals surface area contributed by atoms with Gasteiger partial charge in [-0.15, -0.1) is 36.2 Å². The summed E-state index contributed by atoms with van der Waals surface area (Å²) in [4.78, 5) is 27.6. The minimum atomic E-state index is -0.315. The molecule has 0 spiro atoms. The highest BCUT2D eigenvalue weighted by Gasteiger charge is 2.14. The maximum atomic E-state index is 12.1. The lowest BCUT2D eigenvalue weighted by molar-refractivity contribution is -0.146. The summed E-state index contributed by atoms with van der Waals surface area (Å²) in [6, 6.07) is 17.4. The number of esters is 1. The molecule has 1 atom stereocenters. The molecule has 1 heterocycles. The first kappa shape index (κ1) is 28.4. The zero-order chi connectivity index (χ0) is 22.1. The molecule has 1 unspecified atom stereocenters. The normalized spacial score (nSPS) is 10.9. The van der Waals surface area contributed by atoms with Crippen LogP contribution in [0.2, 0.25) is 0 Å². The number of amides is 1. The van der Waals surface area contributed by atoms with Crippen molar-refractivity contribution in [2.75, 3.05) is 24.1 Å². The summed E-state index contributed by atoms with van der Waals surface area (Å²) < 4.78 is 5.43. The molecule has 0 aliphatic heterocycles. The Labute approximate surface area is 210 Å². The van der Waals surface area contributed by atoms with Gasteiger partial charge in [0.05, 0.1) is 12.1 Å². The number of aromatic nitrogens is 1. The largest absolute Gasteiger partial charge is 0.456 e. The van der Waals surface area contributed by atoms with Crippen LogP contribution < -0.4 is 16.4 Å². The van der Waals surface area contributed by atoms with Crippen LogP contribution in [0.1, 0.15) is 29.8 Å². The van der Waals surface area contributed by atoms with E-state index in [1.54, 1.807) is 5.38 Å². The first-order valence-electron chi connectivity index (χ1n) is 10.0. The number of nitrogens with two attached hydrogens (primary N) is 1. The van der Waals surface area contributed by atoms with E-state index in [1.807, 2.05) is 54.6 Å². The van der Waals surface area contributed by atoms with E-state index in [9.17, 15) is 9.59 Å². The number of halogens is 2. The van der Waals surface area contributed by atoms with Crippen molar-refractivity contribution in [2.24, 2.45) is 0 Å². The molecular weight excluding hydrogens is 483 g/mol. The van der Waals surface area contributed by atoms with Gasteiger partial charge in [0, 0.05) is 24.5 Å². The Kier molecular flexibility index (Phi) is 12.5. The van der Waals surface area contributed by atoms with Crippen LogP contribution in [0.25, 0.3) is 0 Å². The number of hydrogen-bond donors (Lipinski definition) is 3. The monoisotopic (exact) mass is 510 g/mol. The first-order valence-corrected chi connectivity index (χ1v) is 10.9. The van der Waals surface area contributed by atoms with Gasteiger partial charge in [-0.05, 0) is 36.2 Å². The average molecular weight is 511 g/mol. The van der Waals surface area contributed by atoms with Crippen LogP contribution in [0.3, 0.4) is 0 Å². The smallest absolute Gasteiger partial charge is 0.303 e. The number of nitrogens with one attached hydrogen (secondary N) is 2. The first-order chi connectivity index (χ1) is 15.0. The highest BCUT2D eigenvalue weighted by molar-refractivity contribution is 7.13. The molecule has 0 radical (unpaired) electrons. The van der Waals surface area contributed by atoms with Gasteiger partial charge in [0.15, 0.2) is 5.13 Å². The highest BCUT2D eigenvalue weighted by Crippen LogP contribution is 2.17. The molecule has 0 aliphatic carbocycles. The van der Waals surface area contributed by atoms with Crippen molar-refractivity contribution in [3.8, 4) is 0 Å². The Morgan fingerprint density at radius 1 is 1.09 bits per heavy atom. The van der Waals surface area contributed by atoms with Gasteiger partial charge < -0.3 is 21.1 Å². The number of ether oxygens (including phenoxy) is 1. The van der Waals surface area contributed by atoms with Gasteiger partial charge in [-0.1, -0.05) is 42.5 Å². The van der Waals surface area contributed by atoms with Crippen molar-refractivity contribution in [3.05, 3.63) is 76.8 Å². The van der Waals surface area contributed by atoms with Crippen molar-refractivity contribution in [3.63, 3.8) is 0 Å². The Morgan fingerprint density at radius 2 is 1.79 bits per heavy atom. The number of hydrogen-bond acceptors (Lipinski definition) is 7.